The van der Waals surface area contributed by atoms with Crippen LogP contribution in [0.25, 0.3) is 11.1 Å². The van der Waals surface area contributed by atoms with E-state index in [1.807, 2.05) is 0 Å². The summed E-state index contributed by atoms with van der Waals surface area (Å²) in [5.74, 6) is -12.9. The van der Waals surface area contributed by atoms with Crippen LogP contribution in [-0.4, -0.2) is 29.0 Å². The van der Waals surface area contributed by atoms with Crippen molar-refractivity contribution < 1.29 is 54.3 Å². The van der Waals surface area contributed by atoms with Crippen molar-refractivity contribution in [1.29, 1.82) is 0 Å². The number of ether oxygens (including phenoxy) is 1. The van der Waals surface area contributed by atoms with Crippen molar-refractivity contribution in [1.82, 2.24) is 4.98 Å². The summed E-state index contributed by atoms with van der Waals surface area (Å²) in [5, 5.41) is 8.56. The van der Waals surface area contributed by atoms with Gasteiger partial charge in [-0.1, -0.05) is 12.1 Å². The van der Waals surface area contributed by atoms with Crippen molar-refractivity contribution in [3.05, 3.63) is 63.1 Å². The molecule has 2 N–H and O–H groups in total. The number of carboxylic acid groups (broad SMARTS) is 1. The number of nitrogens with zero attached hydrogens (tertiary/aromatic N) is 1. The van der Waals surface area contributed by atoms with Crippen LogP contribution >= 0.6 is 11.3 Å². The maximum atomic E-state index is 14.7. The third kappa shape index (κ3) is 4.46. The molecule has 2 aromatic carbocycles. The largest absolute Gasteiger partial charge is 0.497 e. The first-order valence-electron chi connectivity index (χ1n) is 9.79. The smallest absolute Gasteiger partial charge is 0.443 e. The summed E-state index contributed by atoms with van der Waals surface area (Å²) in [6, 6.07) is 3.86. The number of hydrogen-bond acceptors (Lipinski definition) is 5. The monoisotopic (exact) mass is 497 g/mol. The van der Waals surface area contributed by atoms with Gasteiger partial charge < -0.3 is 15.2 Å². The average molecular weight is 497 g/mol. The Labute approximate surface area is 187 Å². The van der Waals surface area contributed by atoms with E-state index in [0.29, 0.717) is 0 Å². The molecule has 3 aromatic rings. The van der Waals surface area contributed by atoms with E-state index in [-0.39, 0.29) is 0 Å². The maximum absolute atomic E-state index is 14.7. The molecule has 3 rings (SSSR count). The lowest BCUT2D eigenvalue weighted by Crippen LogP contribution is -2.19. The maximum Gasteiger partial charge on any atom is 0.443 e. The summed E-state index contributed by atoms with van der Waals surface area (Å²) in [4.78, 5) is 25.0. The third-order valence-corrected chi connectivity index (χ3v) is 5.11. The number of methoxy groups -OCH3 is 1. The summed E-state index contributed by atoms with van der Waals surface area (Å²) in [6.07, 6.45) is -5.17. The van der Waals surface area contributed by atoms with Crippen molar-refractivity contribution >= 4 is 28.9 Å². The van der Waals surface area contributed by atoms with Gasteiger partial charge in [-0.25, -0.2) is 27.3 Å². The molecule has 0 saturated heterocycles. The molecule has 174 valence electrons. The molecule has 0 saturated carbocycles. The van der Waals surface area contributed by atoms with Gasteiger partial charge >= 0.3 is 12.1 Å². The number of benzene rings is 2. The Bertz CT molecular complexity index is 1350. The third-order valence-electron chi connectivity index (χ3n) is 4.02. The fraction of sp³-hybridized carbons (Fsp3) is 0.105. The van der Waals surface area contributed by atoms with Crippen molar-refractivity contribution in [3.63, 3.8) is 0 Å². The second kappa shape index (κ2) is 8.69. The van der Waals surface area contributed by atoms with Crippen LogP contribution in [0.5, 0.6) is 5.75 Å². The molecule has 0 aliphatic rings. The van der Waals surface area contributed by atoms with Gasteiger partial charge in [0.1, 0.15) is 16.3 Å². The van der Waals surface area contributed by atoms with Crippen LogP contribution in [-0.2, 0) is 6.18 Å². The lowest BCUT2D eigenvalue weighted by Gasteiger charge is -2.13. The van der Waals surface area contributed by atoms with Gasteiger partial charge in [0.05, 0.1) is 16.7 Å². The zero-order valence-corrected chi connectivity index (χ0v) is 16.3. The molecule has 1 amide bonds. The van der Waals surface area contributed by atoms with Gasteiger partial charge in [-0.05, 0) is 17.7 Å². The fourth-order valence-electron chi connectivity index (χ4n) is 2.62. The molecule has 0 radical (unpaired) electrons. The molecule has 0 fully saturated rings. The minimum atomic E-state index is -5.17. The van der Waals surface area contributed by atoms with Gasteiger partial charge in [0.15, 0.2) is 34.0 Å². The summed E-state index contributed by atoms with van der Waals surface area (Å²) in [5.41, 5.74) is -5.06. The van der Waals surface area contributed by atoms with Crippen LogP contribution in [0.3, 0.4) is 0 Å². The second-order valence-electron chi connectivity index (χ2n) is 6.09. The van der Waals surface area contributed by atoms with Gasteiger partial charge in [0.2, 0.25) is 0 Å². The highest BCUT2D eigenvalue weighted by atomic mass is 32.1. The van der Waals surface area contributed by atoms with Crippen LogP contribution in [0, 0.1) is 23.3 Å². The van der Waals surface area contributed by atoms with Crippen LogP contribution in [0.15, 0.2) is 24.3 Å². The number of carbonyl (C=O) groups excluding carboxylic acids is 1. The predicted octanol–water partition coefficient (Wildman–Crippen LogP) is 5.34. The number of rotatable bonds is 5. The molecular weight excluding hydrogens is 485 g/mol. The fourth-order valence-corrected chi connectivity index (χ4v) is 3.39. The average Bonchev–Trinajstić information content (AvgIpc) is 3.21. The predicted molar refractivity (Wildman–Crippen MR) is 100 cm³/mol. The van der Waals surface area contributed by atoms with Crippen molar-refractivity contribution in [2.45, 2.75) is 6.18 Å². The molecule has 0 bridgehead atoms. The van der Waals surface area contributed by atoms with Gasteiger partial charge in [0.25, 0.3) is 5.91 Å². The summed E-state index contributed by atoms with van der Waals surface area (Å²) in [7, 11) is -2.96. The number of halogens is 7. The SMILES string of the molecule is [2H]C([2H])([2H])Oc1cccc(-c2c(F)c(F)c(NC(=O)c3nc(C(F)(F)F)sc3C(=O)O)c(F)c2F)c1. The number of anilines is 1. The van der Waals surface area contributed by atoms with Crippen molar-refractivity contribution in [3.8, 4) is 16.9 Å². The van der Waals surface area contributed by atoms with Crippen LogP contribution < -0.4 is 10.1 Å². The number of thiazole rings is 1. The highest BCUT2D eigenvalue weighted by Gasteiger charge is 2.39. The summed E-state index contributed by atoms with van der Waals surface area (Å²) in [6.45, 7) is 0. The van der Waals surface area contributed by atoms with Gasteiger partial charge in [0, 0.05) is 0 Å². The second-order valence-corrected chi connectivity index (χ2v) is 7.09. The highest BCUT2D eigenvalue weighted by Crippen LogP contribution is 2.37. The van der Waals surface area contributed by atoms with E-state index in [9.17, 15) is 40.3 Å². The van der Waals surface area contributed by atoms with E-state index < -0.39 is 97.8 Å². The lowest BCUT2D eigenvalue weighted by molar-refractivity contribution is -0.137. The number of carboxylic acids is 1. The van der Waals surface area contributed by atoms with Gasteiger partial charge in [-0.3, -0.25) is 4.79 Å². The minimum Gasteiger partial charge on any atom is -0.497 e. The topological polar surface area (TPSA) is 88.5 Å². The number of alkyl halides is 3. The van der Waals surface area contributed by atoms with Crippen LogP contribution in [0.2, 0.25) is 0 Å². The number of aromatic nitrogens is 1. The number of hydrogen-bond donors (Lipinski definition) is 2. The van der Waals surface area contributed by atoms with E-state index in [2.05, 4.69) is 9.72 Å². The van der Waals surface area contributed by atoms with Crippen LogP contribution in [0.4, 0.5) is 36.4 Å². The zero-order chi connectivity index (χ0) is 27.2. The molecule has 0 unspecified atom stereocenters. The first-order chi connectivity index (χ1) is 16.5. The molecule has 1 heterocycles. The summed E-state index contributed by atoms with van der Waals surface area (Å²) >= 11 is -0.451. The number of amides is 1. The molecule has 0 spiro atoms. The number of carbonyl (C=O) groups is 2. The Kier molecular flexibility index (Phi) is 5.26. The quantitative estimate of drug-likeness (QED) is 0.367. The van der Waals surface area contributed by atoms with Crippen molar-refractivity contribution in [2.75, 3.05) is 12.4 Å². The van der Waals surface area contributed by atoms with Crippen LogP contribution in [0.1, 0.15) is 29.3 Å². The molecular formula is C19H9F7N2O4S. The van der Waals surface area contributed by atoms with Gasteiger partial charge in [-0.2, -0.15) is 13.2 Å². The number of nitrogens with one attached hydrogen (secondary N) is 1. The molecule has 0 atom stereocenters. The van der Waals surface area contributed by atoms with Crippen molar-refractivity contribution in [2.24, 2.45) is 0 Å². The molecule has 33 heavy (non-hydrogen) atoms. The lowest BCUT2D eigenvalue weighted by atomic mass is 10.0. The van der Waals surface area contributed by atoms with E-state index >= 15 is 0 Å². The highest BCUT2D eigenvalue weighted by molar-refractivity contribution is 7.14. The molecule has 14 heteroatoms. The Hall–Kier alpha value is -3.68. The standard InChI is InChI=1S/C19H9F7N2O4S/c1-32-7-4-2-3-6(5-7)8-9(20)11(22)13(12(23)10(8)21)27-16(29)14-15(17(30)31)33-18(28-14)19(24,25)26/h2-5H,1H3,(H,27,29)(H,30,31)/i1D3. The normalized spacial score (nSPS) is 13.1. The molecule has 1 aromatic heterocycles. The van der Waals surface area contributed by atoms with E-state index in [4.69, 9.17) is 9.22 Å². The first kappa shape index (κ1) is 20.0. The zero-order valence-electron chi connectivity index (χ0n) is 18.5. The Morgan fingerprint density at radius 3 is 2.30 bits per heavy atom. The Morgan fingerprint density at radius 1 is 1.12 bits per heavy atom. The van der Waals surface area contributed by atoms with E-state index in [0.717, 1.165) is 24.3 Å². The molecule has 0 aliphatic heterocycles. The van der Waals surface area contributed by atoms with E-state index in [1.165, 1.54) is 5.32 Å². The Morgan fingerprint density at radius 2 is 1.76 bits per heavy atom. The van der Waals surface area contributed by atoms with Gasteiger partial charge in [-0.15, -0.1) is 11.3 Å². The molecule has 0 aliphatic carbocycles. The minimum absolute atomic E-state index is 0.435. The summed E-state index contributed by atoms with van der Waals surface area (Å²) < 4.78 is 123. The molecule has 6 nitrogen and oxygen atoms in total. The number of aromatic carboxylic acids is 1. The van der Waals surface area contributed by atoms with E-state index in [1.54, 1.807) is 0 Å². The Balaban J connectivity index is 2.06. The first-order valence-corrected chi connectivity index (χ1v) is 9.11.